The number of fused-ring (bicyclic) bond motifs is 1. The first-order valence-electron chi connectivity index (χ1n) is 9.35. The molecule has 2 aromatic heterocycles. The second-order valence-corrected chi connectivity index (χ2v) is 6.76. The molecule has 0 saturated carbocycles. The average Bonchev–Trinajstić information content (AvgIpc) is 2.72. The zero-order chi connectivity index (χ0) is 18.5. The van der Waals surface area contributed by atoms with E-state index >= 15 is 0 Å². The Balaban J connectivity index is 1.33. The number of benzene rings is 2. The summed E-state index contributed by atoms with van der Waals surface area (Å²) in [5.41, 5.74) is 2.47. The highest BCUT2D eigenvalue weighted by molar-refractivity contribution is 5.88. The van der Waals surface area contributed by atoms with Crippen molar-refractivity contribution < 1.29 is 13.9 Å². The number of aromatic nitrogens is 2. The molecule has 134 valence electrons. The van der Waals surface area contributed by atoms with Gasteiger partial charge in [0.15, 0.2) is 31.3 Å². The van der Waals surface area contributed by atoms with Crippen LogP contribution in [-0.2, 0) is 13.6 Å². The van der Waals surface area contributed by atoms with Crippen LogP contribution in [0.4, 0.5) is 0 Å². The predicted molar refractivity (Wildman–Crippen MR) is 107 cm³/mol. The number of nitrogens with zero attached hydrogens (tertiary/aromatic N) is 2. The van der Waals surface area contributed by atoms with Crippen molar-refractivity contribution in [3.63, 3.8) is 0 Å². The van der Waals surface area contributed by atoms with E-state index in [1.54, 1.807) is 0 Å². The molecule has 0 fully saturated rings. The topological polar surface area (TPSA) is 17.0 Å². The Bertz CT molecular complexity index is 1020. The van der Waals surface area contributed by atoms with Gasteiger partial charge in [0, 0.05) is 36.1 Å². The maximum atomic E-state index is 6.03. The first-order valence-corrected chi connectivity index (χ1v) is 9.35. The normalized spacial score (nSPS) is 10.9. The van der Waals surface area contributed by atoms with Crippen LogP contribution in [0.25, 0.3) is 21.9 Å². The highest BCUT2D eigenvalue weighted by Gasteiger charge is 2.05. The van der Waals surface area contributed by atoms with Crippen LogP contribution in [-0.4, -0.2) is 6.61 Å². The van der Waals surface area contributed by atoms with Crippen molar-refractivity contribution in [2.75, 3.05) is 6.61 Å². The van der Waals surface area contributed by atoms with Crippen molar-refractivity contribution in [3.8, 4) is 16.9 Å². The van der Waals surface area contributed by atoms with Crippen molar-refractivity contribution in [2.24, 2.45) is 7.05 Å². The van der Waals surface area contributed by atoms with E-state index in [0.29, 0.717) is 6.61 Å². The monoisotopic (exact) mass is 356 g/mol. The van der Waals surface area contributed by atoms with Crippen LogP contribution >= 0.6 is 0 Å². The van der Waals surface area contributed by atoms with Crippen molar-refractivity contribution in [3.05, 3.63) is 91.5 Å². The highest BCUT2D eigenvalue weighted by atomic mass is 16.5. The van der Waals surface area contributed by atoms with Crippen molar-refractivity contribution >= 4 is 10.8 Å². The number of pyridine rings is 2. The largest absolute Gasteiger partial charge is 0.493 e. The van der Waals surface area contributed by atoms with E-state index in [9.17, 15) is 0 Å². The molecule has 2 aromatic carbocycles. The molecule has 0 bridgehead atoms. The number of hydrogen-bond acceptors (Lipinski definition) is 1. The molecule has 0 aliphatic carbocycles. The zero-order valence-electron chi connectivity index (χ0n) is 15.6. The fourth-order valence-electron chi connectivity index (χ4n) is 3.24. The smallest absolute Gasteiger partial charge is 0.169 e. The molecule has 0 spiro atoms. The Morgan fingerprint density at radius 3 is 2.19 bits per heavy atom. The molecule has 0 unspecified atom stereocenters. The van der Waals surface area contributed by atoms with Crippen molar-refractivity contribution in [1.29, 1.82) is 0 Å². The fourth-order valence-corrected chi connectivity index (χ4v) is 3.24. The van der Waals surface area contributed by atoms with Gasteiger partial charge in [0.05, 0.1) is 6.61 Å². The lowest BCUT2D eigenvalue weighted by atomic mass is 10.1. The van der Waals surface area contributed by atoms with Crippen LogP contribution in [0.15, 0.2) is 91.5 Å². The summed E-state index contributed by atoms with van der Waals surface area (Å²) in [6, 6.07) is 23.2. The quantitative estimate of drug-likeness (QED) is 0.376. The van der Waals surface area contributed by atoms with E-state index in [4.69, 9.17) is 4.74 Å². The minimum absolute atomic E-state index is 0.706. The van der Waals surface area contributed by atoms with Gasteiger partial charge in [-0.05, 0) is 22.6 Å². The van der Waals surface area contributed by atoms with Gasteiger partial charge < -0.3 is 4.74 Å². The van der Waals surface area contributed by atoms with Crippen molar-refractivity contribution in [1.82, 2.24) is 0 Å². The van der Waals surface area contributed by atoms with E-state index < -0.39 is 0 Å². The summed E-state index contributed by atoms with van der Waals surface area (Å²) in [5.74, 6) is 0.964. The Kier molecular flexibility index (Phi) is 5.10. The molecule has 4 rings (SSSR count). The summed E-state index contributed by atoms with van der Waals surface area (Å²) >= 11 is 0. The predicted octanol–water partition coefficient (Wildman–Crippen LogP) is 4.09. The van der Waals surface area contributed by atoms with Crippen LogP contribution in [0.2, 0.25) is 0 Å². The van der Waals surface area contributed by atoms with Gasteiger partial charge in [0.25, 0.3) is 0 Å². The summed E-state index contributed by atoms with van der Waals surface area (Å²) in [5, 5.41) is 2.39. The first-order chi connectivity index (χ1) is 13.3. The number of hydrogen-bond donors (Lipinski definition) is 0. The maximum absolute atomic E-state index is 6.03. The Morgan fingerprint density at radius 1 is 0.741 bits per heavy atom. The van der Waals surface area contributed by atoms with Crippen LogP contribution in [0.3, 0.4) is 0 Å². The zero-order valence-corrected chi connectivity index (χ0v) is 15.6. The van der Waals surface area contributed by atoms with E-state index in [1.165, 1.54) is 21.9 Å². The molecule has 0 aliphatic heterocycles. The van der Waals surface area contributed by atoms with E-state index in [-0.39, 0.29) is 0 Å². The molecule has 0 atom stereocenters. The Morgan fingerprint density at radius 2 is 1.41 bits per heavy atom. The van der Waals surface area contributed by atoms with E-state index in [0.717, 1.165) is 18.7 Å². The summed E-state index contributed by atoms with van der Waals surface area (Å²) in [7, 11) is 2.03. The van der Waals surface area contributed by atoms with Gasteiger partial charge in [0.1, 0.15) is 12.8 Å². The van der Waals surface area contributed by atoms with Gasteiger partial charge in [-0.15, -0.1) is 0 Å². The maximum Gasteiger partial charge on any atom is 0.169 e. The third-order valence-electron chi connectivity index (χ3n) is 4.77. The number of aryl methyl sites for hydroxylation is 2. The van der Waals surface area contributed by atoms with Crippen molar-refractivity contribution in [2.45, 2.75) is 13.0 Å². The lowest BCUT2D eigenvalue weighted by Crippen LogP contribution is -2.33. The summed E-state index contributed by atoms with van der Waals surface area (Å²) < 4.78 is 10.3. The van der Waals surface area contributed by atoms with Crippen LogP contribution in [0.1, 0.15) is 6.42 Å². The molecule has 0 N–H and O–H groups in total. The third kappa shape index (κ3) is 4.14. The molecular formula is C24H24N2O+2. The van der Waals surface area contributed by atoms with Crippen LogP contribution in [0, 0.1) is 0 Å². The lowest BCUT2D eigenvalue weighted by Gasteiger charge is -2.08. The van der Waals surface area contributed by atoms with Gasteiger partial charge in [-0.1, -0.05) is 36.4 Å². The van der Waals surface area contributed by atoms with Gasteiger partial charge >= 0.3 is 0 Å². The second-order valence-electron chi connectivity index (χ2n) is 6.76. The molecule has 0 radical (unpaired) electrons. The molecule has 0 saturated heterocycles. The molecule has 3 heteroatoms. The van der Waals surface area contributed by atoms with Gasteiger partial charge in [0.2, 0.25) is 0 Å². The minimum atomic E-state index is 0.706. The Labute approximate surface area is 160 Å². The van der Waals surface area contributed by atoms with Gasteiger partial charge in [-0.3, -0.25) is 0 Å². The average molecular weight is 356 g/mol. The van der Waals surface area contributed by atoms with Crippen LogP contribution < -0.4 is 13.9 Å². The summed E-state index contributed by atoms with van der Waals surface area (Å²) in [6.07, 6.45) is 9.39. The minimum Gasteiger partial charge on any atom is -0.493 e. The first kappa shape index (κ1) is 17.2. The standard InChI is InChI=1S/C24H24N2O/c1-25-15-10-20(11-16-25)21-12-17-26(18-13-21)14-5-19-27-24-9-4-7-22-6-2-3-8-23(22)24/h2-4,6-13,15-18H,5,14,19H2,1H3/q+2. The number of rotatable bonds is 6. The molecule has 27 heavy (non-hydrogen) atoms. The molecule has 3 nitrogen and oxygen atoms in total. The van der Waals surface area contributed by atoms with Crippen LogP contribution in [0.5, 0.6) is 5.75 Å². The lowest BCUT2D eigenvalue weighted by molar-refractivity contribution is -0.697. The van der Waals surface area contributed by atoms with Gasteiger partial charge in [-0.25, -0.2) is 9.13 Å². The second kappa shape index (κ2) is 8.00. The molecule has 0 amide bonds. The summed E-state index contributed by atoms with van der Waals surface area (Å²) in [6.45, 7) is 1.65. The van der Waals surface area contributed by atoms with E-state index in [2.05, 4.69) is 90.0 Å². The highest BCUT2D eigenvalue weighted by Crippen LogP contribution is 2.25. The third-order valence-corrected chi connectivity index (χ3v) is 4.77. The molecule has 2 heterocycles. The summed E-state index contributed by atoms with van der Waals surface area (Å²) in [4.78, 5) is 0. The molecular weight excluding hydrogens is 332 g/mol. The fraction of sp³-hybridized carbons (Fsp3) is 0.167. The molecule has 0 aliphatic rings. The number of ether oxygens (including phenoxy) is 1. The SMILES string of the molecule is C[n+]1ccc(-c2cc[n+](CCCOc3cccc4ccccc34)cc2)cc1. The Hall–Kier alpha value is -3.20. The van der Waals surface area contributed by atoms with Gasteiger partial charge in [-0.2, -0.15) is 0 Å². The van der Waals surface area contributed by atoms with E-state index in [1.807, 2.05) is 17.7 Å². The molecule has 4 aromatic rings.